The molecule has 3 N–H and O–H groups in total. The first-order chi connectivity index (χ1) is 8.25. The van der Waals surface area contributed by atoms with Gasteiger partial charge in [0.15, 0.2) is 0 Å². The molecule has 0 heterocycles. The standard InChI is InChI=1S/C15H22N2/c1-10-3-2-4-14(16)15(10)17-9-13(11-5-6-11)12-7-8-12/h2-4,11-13,17H,5-9,16H2,1H3. The summed E-state index contributed by atoms with van der Waals surface area (Å²) in [5.41, 5.74) is 9.32. The molecule has 2 nitrogen and oxygen atoms in total. The minimum Gasteiger partial charge on any atom is -0.397 e. The fourth-order valence-electron chi connectivity index (χ4n) is 2.92. The highest BCUT2D eigenvalue weighted by atomic mass is 14.9. The molecule has 2 saturated carbocycles. The van der Waals surface area contributed by atoms with Crippen molar-refractivity contribution in [2.24, 2.45) is 17.8 Å². The van der Waals surface area contributed by atoms with E-state index < -0.39 is 0 Å². The lowest BCUT2D eigenvalue weighted by Gasteiger charge is -2.19. The van der Waals surface area contributed by atoms with E-state index in [2.05, 4.69) is 18.3 Å². The number of nitrogens with two attached hydrogens (primary N) is 1. The van der Waals surface area contributed by atoms with Crippen LogP contribution in [-0.2, 0) is 0 Å². The summed E-state index contributed by atoms with van der Waals surface area (Å²) in [6.45, 7) is 3.24. The van der Waals surface area contributed by atoms with Crippen LogP contribution in [0.25, 0.3) is 0 Å². The van der Waals surface area contributed by atoms with Crippen molar-refractivity contribution in [2.75, 3.05) is 17.6 Å². The molecular weight excluding hydrogens is 208 g/mol. The summed E-state index contributed by atoms with van der Waals surface area (Å²) in [4.78, 5) is 0. The van der Waals surface area contributed by atoms with Gasteiger partial charge in [0.05, 0.1) is 11.4 Å². The summed E-state index contributed by atoms with van der Waals surface area (Å²) in [6.07, 6.45) is 5.80. The summed E-state index contributed by atoms with van der Waals surface area (Å²) in [5.74, 6) is 2.90. The zero-order valence-corrected chi connectivity index (χ0v) is 10.6. The Labute approximate surface area is 104 Å². The first-order valence-corrected chi connectivity index (χ1v) is 6.84. The summed E-state index contributed by atoms with van der Waals surface area (Å²) in [5, 5.41) is 3.60. The van der Waals surface area contributed by atoms with Crippen LogP contribution >= 0.6 is 0 Å². The molecule has 2 aliphatic rings. The largest absolute Gasteiger partial charge is 0.397 e. The van der Waals surface area contributed by atoms with Gasteiger partial charge in [0.1, 0.15) is 0 Å². The topological polar surface area (TPSA) is 38.0 Å². The van der Waals surface area contributed by atoms with Crippen LogP contribution < -0.4 is 11.1 Å². The number of para-hydroxylation sites is 1. The van der Waals surface area contributed by atoms with Gasteiger partial charge in [-0.15, -0.1) is 0 Å². The number of rotatable bonds is 5. The smallest absolute Gasteiger partial charge is 0.0603 e. The first kappa shape index (κ1) is 10.9. The lowest BCUT2D eigenvalue weighted by molar-refractivity contribution is 0.428. The highest BCUT2D eigenvalue weighted by molar-refractivity contribution is 5.69. The Kier molecular flexibility index (Phi) is 2.73. The number of benzene rings is 1. The normalized spacial score (nSPS) is 19.6. The molecule has 0 amide bonds. The molecule has 0 atom stereocenters. The van der Waals surface area contributed by atoms with Gasteiger partial charge in [0.2, 0.25) is 0 Å². The Hall–Kier alpha value is -1.18. The van der Waals surface area contributed by atoms with Gasteiger partial charge in [0.25, 0.3) is 0 Å². The SMILES string of the molecule is Cc1cccc(N)c1NCC(C1CC1)C1CC1. The van der Waals surface area contributed by atoms with Gasteiger partial charge >= 0.3 is 0 Å². The third kappa shape index (κ3) is 2.41. The minimum atomic E-state index is 0.885. The quantitative estimate of drug-likeness (QED) is 0.761. The predicted octanol–water partition coefficient (Wildman–Crippen LogP) is 3.43. The second-order valence-electron chi connectivity index (χ2n) is 5.76. The van der Waals surface area contributed by atoms with Crippen LogP contribution in [-0.4, -0.2) is 6.54 Å². The highest BCUT2D eigenvalue weighted by Gasteiger charge is 2.41. The molecule has 2 heteroatoms. The van der Waals surface area contributed by atoms with E-state index in [0.717, 1.165) is 35.7 Å². The van der Waals surface area contributed by atoms with E-state index in [9.17, 15) is 0 Å². The van der Waals surface area contributed by atoms with Crippen LogP contribution in [0, 0.1) is 24.7 Å². The van der Waals surface area contributed by atoms with E-state index in [4.69, 9.17) is 5.73 Å². The average molecular weight is 230 g/mol. The Balaban J connectivity index is 1.66. The van der Waals surface area contributed by atoms with Crippen LogP contribution in [0.1, 0.15) is 31.2 Å². The van der Waals surface area contributed by atoms with Crippen LogP contribution in [0.4, 0.5) is 11.4 Å². The maximum absolute atomic E-state index is 6.03. The summed E-state index contributed by atoms with van der Waals surface area (Å²) in [6, 6.07) is 6.13. The van der Waals surface area contributed by atoms with Crippen molar-refractivity contribution in [1.29, 1.82) is 0 Å². The molecule has 0 radical (unpaired) electrons. The van der Waals surface area contributed by atoms with Crippen LogP contribution in [0.3, 0.4) is 0 Å². The zero-order chi connectivity index (χ0) is 11.8. The lowest BCUT2D eigenvalue weighted by Crippen LogP contribution is -2.19. The summed E-state index contributed by atoms with van der Waals surface area (Å²) < 4.78 is 0. The molecule has 3 rings (SSSR count). The Morgan fingerprint density at radius 3 is 2.41 bits per heavy atom. The molecule has 0 aromatic heterocycles. The zero-order valence-electron chi connectivity index (χ0n) is 10.6. The third-order valence-electron chi connectivity index (χ3n) is 4.27. The number of aryl methyl sites for hydroxylation is 1. The number of hydrogen-bond acceptors (Lipinski definition) is 2. The molecule has 1 aromatic rings. The summed E-state index contributed by atoms with van der Waals surface area (Å²) in [7, 11) is 0. The number of nitrogens with one attached hydrogen (secondary N) is 1. The molecule has 0 bridgehead atoms. The molecule has 2 fully saturated rings. The maximum atomic E-state index is 6.03. The average Bonchev–Trinajstić information content (AvgIpc) is 3.15. The highest BCUT2D eigenvalue weighted by Crippen LogP contribution is 2.49. The molecule has 0 saturated heterocycles. The van der Waals surface area contributed by atoms with E-state index in [-0.39, 0.29) is 0 Å². The van der Waals surface area contributed by atoms with Crippen molar-refractivity contribution in [2.45, 2.75) is 32.6 Å². The van der Waals surface area contributed by atoms with Crippen molar-refractivity contribution in [1.82, 2.24) is 0 Å². The fraction of sp³-hybridized carbons (Fsp3) is 0.600. The second kappa shape index (κ2) is 4.25. The molecule has 1 aromatic carbocycles. The number of nitrogen functional groups attached to an aromatic ring is 1. The second-order valence-corrected chi connectivity index (χ2v) is 5.76. The summed E-state index contributed by atoms with van der Waals surface area (Å²) >= 11 is 0. The van der Waals surface area contributed by atoms with E-state index in [1.807, 2.05) is 12.1 Å². The van der Waals surface area contributed by atoms with Crippen molar-refractivity contribution in [3.63, 3.8) is 0 Å². The Morgan fingerprint density at radius 2 is 1.88 bits per heavy atom. The van der Waals surface area contributed by atoms with Crippen LogP contribution in [0.5, 0.6) is 0 Å². The van der Waals surface area contributed by atoms with E-state index in [1.54, 1.807) is 0 Å². The van der Waals surface area contributed by atoms with Gasteiger partial charge in [-0.3, -0.25) is 0 Å². The van der Waals surface area contributed by atoms with Crippen molar-refractivity contribution >= 4 is 11.4 Å². The molecule has 0 spiro atoms. The molecule has 0 unspecified atom stereocenters. The van der Waals surface area contributed by atoms with Gasteiger partial charge in [0, 0.05) is 6.54 Å². The van der Waals surface area contributed by atoms with E-state index >= 15 is 0 Å². The van der Waals surface area contributed by atoms with Gasteiger partial charge in [-0.05, 0) is 62.0 Å². The predicted molar refractivity (Wildman–Crippen MR) is 73.0 cm³/mol. The molecule has 17 heavy (non-hydrogen) atoms. The van der Waals surface area contributed by atoms with Crippen molar-refractivity contribution < 1.29 is 0 Å². The van der Waals surface area contributed by atoms with Crippen molar-refractivity contribution in [3.05, 3.63) is 23.8 Å². The van der Waals surface area contributed by atoms with Crippen LogP contribution in [0.15, 0.2) is 18.2 Å². The molecule has 2 aliphatic carbocycles. The van der Waals surface area contributed by atoms with Gasteiger partial charge in [-0.1, -0.05) is 12.1 Å². The first-order valence-electron chi connectivity index (χ1n) is 6.84. The van der Waals surface area contributed by atoms with Crippen molar-refractivity contribution in [3.8, 4) is 0 Å². The van der Waals surface area contributed by atoms with Gasteiger partial charge in [-0.25, -0.2) is 0 Å². The van der Waals surface area contributed by atoms with E-state index in [1.165, 1.54) is 31.2 Å². The van der Waals surface area contributed by atoms with Crippen LogP contribution in [0.2, 0.25) is 0 Å². The van der Waals surface area contributed by atoms with Gasteiger partial charge < -0.3 is 11.1 Å². The molecule has 92 valence electrons. The van der Waals surface area contributed by atoms with E-state index in [0.29, 0.717) is 0 Å². The molecule has 0 aliphatic heterocycles. The Morgan fingerprint density at radius 1 is 1.24 bits per heavy atom. The maximum Gasteiger partial charge on any atom is 0.0603 e. The van der Waals surface area contributed by atoms with Gasteiger partial charge in [-0.2, -0.15) is 0 Å². The number of hydrogen-bond donors (Lipinski definition) is 2. The third-order valence-corrected chi connectivity index (χ3v) is 4.27. The number of anilines is 2. The fourth-order valence-corrected chi connectivity index (χ4v) is 2.92. The lowest BCUT2D eigenvalue weighted by atomic mass is 9.97. The molecular formula is C15H22N2. The monoisotopic (exact) mass is 230 g/mol. The Bertz CT molecular complexity index is 373. The minimum absolute atomic E-state index is 0.885.